The third kappa shape index (κ3) is 3.89. The van der Waals surface area contributed by atoms with Crippen molar-refractivity contribution in [1.82, 2.24) is 0 Å². The van der Waals surface area contributed by atoms with Gasteiger partial charge in [0.15, 0.2) is 0 Å². The van der Waals surface area contributed by atoms with Gasteiger partial charge in [-0.15, -0.1) is 0 Å². The Balaban J connectivity index is 2.11. The first kappa shape index (κ1) is 14.7. The Labute approximate surface area is 118 Å². The van der Waals surface area contributed by atoms with Crippen LogP contribution in [0.15, 0.2) is 54.6 Å². The smallest absolute Gasteiger partial charge is 0.123 e. The fourth-order valence-electron chi connectivity index (χ4n) is 2.22. The number of hydrogen-bond donors (Lipinski definition) is 1. The standard InChI is InChI=1S/C17H19FO2/c1-2-20-17(14-6-4-3-5-7-14)16(19)12-13-8-10-15(18)11-9-13/h3-11,16-17,19H,2,12H2,1H3. The average Bonchev–Trinajstić information content (AvgIpc) is 2.48. The van der Waals surface area contributed by atoms with Gasteiger partial charge in [-0.05, 0) is 30.2 Å². The average molecular weight is 274 g/mol. The van der Waals surface area contributed by atoms with Gasteiger partial charge in [-0.1, -0.05) is 42.5 Å². The molecule has 0 aliphatic carbocycles. The summed E-state index contributed by atoms with van der Waals surface area (Å²) in [5, 5.41) is 10.4. The van der Waals surface area contributed by atoms with Crippen LogP contribution >= 0.6 is 0 Å². The minimum Gasteiger partial charge on any atom is -0.390 e. The fraction of sp³-hybridized carbons (Fsp3) is 0.294. The Bertz CT molecular complexity index is 510. The number of rotatable bonds is 6. The maximum atomic E-state index is 12.9. The van der Waals surface area contributed by atoms with Crippen LogP contribution in [-0.4, -0.2) is 17.8 Å². The minimum absolute atomic E-state index is 0.271. The van der Waals surface area contributed by atoms with Gasteiger partial charge in [-0.3, -0.25) is 0 Å². The highest BCUT2D eigenvalue weighted by Crippen LogP contribution is 2.23. The van der Waals surface area contributed by atoms with E-state index in [4.69, 9.17) is 4.74 Å². The van der Waals surface area contributed by atoms with E-state index in [9.17, 15) is 9.50 Å². The highest BCUT2D eigenvalue weighted by Gasteiger charge is 2.21. The fourth-order valence-corrected chi connectivity index (χ4v) is 2.22. The monoisotopic (exact) mass is 274 g/mol. The Kier molecular flexibility index (Phi) is 5.27. The lowest BCUT2D eigenvalue weighted by atomic mass is 9.98. The first-order valence-corrected chi connectivity index (χ1v) is 6.79. The van der Waals surface area contributed by atoms with Gasteiger partial charge in [0, 0.05) is 13.0 Å². The van der Waals surface area contributed by atoms with Gasteiger partial charge in [-0.25, -0.2) is 4.39 Å². The molecule has 2 unspecified atom stereocenters. The highest BCUT2D eigenvalue weighted by atomic mass is 19.1. The number of ether oxygens (including phenoxy) is 1. The SMILES string of the molecule is CCOC(c1ccccc1)C(O)Cc1ccc(F)cc1. The Hall–Kier alpha value is -1.71. The number of hydrogen-bond acceptors (Lipinski definition) is 2. The lowest BCUT2D eigenvalue weighted by molar-refractivity contribution is -0.0339. The molecule has 106 valence electrons. The molecule has 2 aromatic carbocycles. The van der Waals surface area contributed by atoms with Crippen LogP contribution in [0.25, 0.3) is 0 Å². The summed E-state index contributed by atoms with van der Waals surface area (Å²) in [4.78, 5) is 0. The zero-order valence-electron chi connectivity index (χ0n) is 11.5. The van der Waals surface area contributed by atoms with Crippen LogP contribution in [0.3, 0.4) is 0 Å². The summed E-state index contributed by atoms with van der Waals surface area (Å²) in [5.74, 6) is -0.271. The second-order valence-electron chi connectivity index (χ2n) is 4.68. The van der Waals surface area contributed by atoms with Crippen molar-refractivity contribution < 1.29 is 14.2 Å². The van der Waals surface area contributed by atoms with E-state index in [1.54, 1.807) is 12.1 Å². The molecule has 3 heteroatoms. The molecular formula is C17H19FO2. The maximum absolute atomic E-state index is 12.9. The molecule has 2 rings (SSSR count). The second kappa shape index (κ2) is 7.17. The summed E-state index contributed by atoms with van der Waals surface area (Å²) in [6.45, 7) is 2.43. The first-order chi connectivity index (χ1) is 9.70. The quantitative estimate of drug-likeness (QED) is 0.873. The van der Waals surface area contributed by atoms with Gasteiger partial charge in [-0.2, -0.15) is 0 Å². The van der Waals surface area contributed by atoms with E-state index in [1.807, 2.05) is 37.3 Å². The van der Waals surface area contributed by atoms with Gasteiger partial charge < -0.3 is 9.84 Å². The zero-order valence-corrected chi connectivity index (χ0v) is 11.5. The minimum atomic E-state index is -0.664. The van der Waals surface area contributed by atoms with E-state index in [0.717, 1.165) is 11.1 Å². The number of aliphatic hydroxyl groups is 1. The van der Waals surface area contributed by atoms with Crippen molar-refractivity contribution in [2.45, 2.75) is 25.6 Å². The molecule has 20 heavy (non-hydrogen) atoms. The topological polar surface area (TPSA) is 29.5 Å². The first-order valence-electron chi connectivity index (χ1n) is 6.79. The summed E-state index contributed by atoms with van der Waals surface area (Å²) in [6.07, 6.45) is -0.603. The molecule has 0 heterocycles. The van der Waals surface area contributed by atoms with E-state index < -0.39 is 6.10 Å². The number of aliphatic hydroxyl groups excluding tert-OH is 1. The summed E-state index contributed by atoms with van der Waals surface area (Å²) >= 11 is 0. The summed E-state index contributed by atoms with van der Waals surface area (Å²) < 4.78 is 18.5. The van der Waals surface area contributed by atoms with Crippen LogP contribution in [0.2, 0.25) is 0 Å². The molecule has 1 N–H and O–H groups in total. The van der Waals surface area contributed by atoms with E-state index in [2.05, 4.69) is 0 Å². The molecule has 0 bridgehead atoms. The molecule has 2 atom stereocenters. The van der Waals surface area contributed by atoms with Crippen molar-refractivity contribution in [1.29, 1.82) is 0 Å². The second-order valence-corrected chi connectivity index (χ2v) is 4.68. The normalized spacial score (nSPS) is 13.9. The third-order valence-electron chi connectivity index (χ3n) is 3.18. The van der Waals surface area contributed by atoms with Gasteiger partial charge in [0.2, 0.25) is 0 Å². The Morgan fingerprint density at radius 3 is 2.30 bits per heavy atom. The van der Waals surface area contributed by atoms with Crippen molar-refractivity contribution in [2.24, 2.45) is 0 Å². The molecule has 0 aliphatic heterocycles. The molecular weight excluding hydrogens is 255 g/mol. The molecule has 0 fully saturated rings. The molecule has 0 saturated heterocycles. The van der Waals surface area contributed by atoms with Crippen LogP contribution in [0.1, 0.15) is 24.2 Å². The molecule has 0 radical (unpaired) electrons. The van der Waals surface area contributed by atoms with E-state index in [1.165, 1.54) is 12.1 Å². The summed E-state index contributed by atoms with van der Waals surface area (Å²) in [6, 6.07) is 15.8. The molecule has 2 aromatic rings. The van der Waals surface area contributed by atoms with Crippen molar-refractivity contribution in [3.8, 4) is 0 Å². The van der Waals surface area contributed by atoms with Gasteiger partial charge in [0.1, 0.15) is 11.9 Å². The highest BCUT2D eigenvalue weighted by molar-refractivity contribution is 5.21. The predicted molar refractivity (Wildman–Crippen MR) is 76.9 cm³/mol. The van der Waals surface area contributed by atoms with Crippen molar-refractivity contribution in [3.05, 3.63) is 71.5 Å². The number of benzene rings is 2. The van der Waals surface area contributed by atoms with E-state index in [-0.39, 0.29) is 11.9 Å². The lowest BCUT2D eigenvalue weighted by Gasteiger charge is -2.23. The van der Waals surface area contributed by atoms with Gasteiger partial charge in [0.05, 0.1) is 6.10 Å². The molecule has 0 aliphatic rings. The zero-order chi connectivity index (χ0) is 14.4. The predicted octanol–water partition coefficient (Wildman–Crippen LogP) is 3.51. The summed E-state index contributed by atoms with van der Waals surface area (Å²) in [7, 11) is 0. The summed E-state index contributed by atoms with van der Waals surface area (Å²) in [5.41, 5.74) is 1.84. The molecule has 0 saturated carbocycles. The van der Waals surface area contributed by atoms with E-state index >= 15 is 0 Å². The Morgan fingerprint density at radius 2 is 1.70 bits per heavy atom. The van der Waals surface area contributed by atoms with Gasteiger partial charge in [0.25, 0.3) is 0 Å². The van der Waals surface area contributed by atoms with Crippen LogP contribution in [-0.2, 0) is 11.2 Å². The van der Waals surface area contributed by atoms with Crippen molar-refractivity contribution >= 4 is 0 Å². The van der Waals surface area contributed by atoms with E-state index in [0.29, 0.717) is 13.0 Å². The van der Waals surface area contributed by atoms with Crippen LogP contribution < -0.4 is 0 Å². The van der Waals surface area contributed by atoms with Crippen LogP contribution in [0.5, 0.6) is 0 Å². The van der Waals surface area contributed by atoms with Crippen molar-refractivity contribution in [2.75, 3.05) is 6.61 Å². The van der Waals surface area contributed by atoms with Gasteiger partial charge >= 0.3 is 0 Å². The van der Waals surface area contributed by atoms with Crippen molar-refractivity contribution in [3.63, 3.8) is 0 Å². The third-order valence-corrected chi connectivity index (χ3v) is 3.18. The number of halogens is 1. The Morgan fingerprint density at radius 1 is 1.05 bits per heavy atom. The van der Waals surface area contributed by atoms with Crippen LogP contribution in [0.4, 0.5) is 4.39 Å². The molecule has 2 nitrogen and oxygen atoms in total. The molecule has 0 spiro atoms. The molecule has 0 aromatic heterocycles. The lowest BCUT2D eigenvalue weighted by Crippen LogP contribution is -2.23. The van der Waals surface area contributed by atoms with Crippen LogP contribution in [0, 0.1) is 5.82 Å². The largest absolute Gasteiger partial charge is 0.390 e. The molecule has 0 amide bonds. The maximum Gasteiger partial charge on any atom is 0.123 e.